The second-order valence-electron chi connectivity index (χ2n) is 5.68. The lowest BCUT2D eigenvalue weighted by Crippen LogP contribution is -2.30. The van der Waals surface area contributed by atoms with E-state index in [0.717, 1.165) is 17.7 Å². The van der Waals surface area contributed by atoms with Gasteiger partial charge in [0.2, 0.25) is 6.79 Å². The maximum absolute atomic E-state index is 12.7. The fourth-order valence-electron chi connectivity index (χ4n) is 2.73. The highest BCUT2D eigenvalue weighted by Crippen LogP contribution is 2.36. The molecule has 0 bridgehead atoms. The predicted molar refractivity (Wildman–Crippen MR) is 103 cm³/mol. The van der Waals surface area contributed by atoms with Gasteiger partial charge >= 0.3 is 0 Å². The molecule has 6 heteroatoms. The van der Waals surface area contributed by atoms with Gasteiger partial charge in [-0.1, -0.05) is 60.4 Å². The number of carbonyl (C=O) groups is 1. The molecule has 126 valence electrons. The zero-order valence-electron chi connectivity index (χ0n) is 13.3. The molecule has 0 N–H and O–H groups in total. The SMILES string of the molecule is O=C1/C(=C\c2ccc3c(c2)OCO3)SC(=S)N1CCc1ccccc1. The van der Waals surface area contributed by atoms with Gasteiger partial charge in [-0.25, -0.2) is 0 Å². The maximum atomic E-state index is 12.7. The van der Waals surface area contributed by atoms with Gasteiger partial charge in [-0.3, -0.25) is 9.69 Å². The maximum Gasteiger partial charge on any atom is 0.266 e. The van der Waals surface area contributed by atoms with Crippen LogP contribution in [0.2, 0.25) is 0 Å². The predicted octanol–water partition coefficient (Wildman–Crippen LogP) is 3.86. The lowest BCUT2D eigenvalue weighted by Gasteiger charge is -2.14. The fraction of sp³-hybridized carbons (Fsp3) is 0.158. The summed E-state index contributed by atoms with van der Waals surface area (Å²) in [6, 6.07) is 15.7. The molecule has 2 aliphatic heterocycles. The minimum atomic E-state index is -0.0383. The Morgan fingerprint density at radius 2 is 1.92 bits per heavy atom. The Bertz CT molecular complexity index is 864. The van der Waals surface area contributed by atoms with Crippen molar-refractivity contribution in [3.05, 3.63) is 64.6 Å². The van der Waals surface area contributed by atoms with Crippen LogP contribution in [0.1, 0.15) is 11.1 Å². The standard InChI is InChI=1S/C19H15NO3S2/c21-18-17(11-14-6-7-15-16(10-14)23-12-22-15)25-19(24)20(18)9-8-13-4-2-1-3-5-13/h1-7,10-11H,8-9,12H2/b17-11+. The second kappa shape index (κ2) is 6.90. The van der Waals surface area contributed by atoms with Crippen molar-refractivity contribution in [1.29, 1.82) is 0 Å². The number of fused-ring (bicyclic) bond motifs is 1. The van der Waals surface area contributed by atoms with Gasteiger partial charge in [0.05, 0.1) is 4.91 Å². The summed E-state index contributed by atoms with van der Waals surface area (Å²) >= 11 is 6.73. The summed E-state index contributed by atoms with van der Waals surface area (Å²) in [5, 5.41) is 0. The van der Waals surface area contributed by atoms with Crippen LogP contribution in [0.4, 0.5) is 0 Å². The summed E-state index contributed by atoms with van der Waals surface area (Å²) in [6.45, 7) is 0.827. The Kier molecular flexibility index (Phi) is 4.46. The van der Waals surface area contributed by atoms with Crippen molar-refractivity contribution < 1.29 is 14.3 Å². The van der Waals surface area contributed by atoms with Crippen LogP contribution >= 0.6 is 24.0 Å². The van der Waals surface area contributed by atoms with Crippen molar-refractivity contribution in [2.45, 2.75) is 6.42 Å². The third-order valence-corrected chi connectivity index (χ3v) is 5.41. The topological polar surface area (TPSA) is 38.8 Å². The molecule has 1 saturated heterocycles. The van der Waals surface area contributed by atoms with E-state index in [1.807, 2.05) is 42.5 Å². The van der Waals surface area contributed by atoms with Crippen LogP contribution in [-0.4, -0.2) is 28.5 Å². The summed E-state index contributed by atoms with van der Waals surface area (Å²) in [5.74, 6) is 1.39. The van der Waals surface area contributed by atoms with Gasteiger partial charge in [-0.15, -0.1) is 0 Å². The second-order valence-corrected chi connectivity index (χ2v) is 7.36. The first kappa shape index (κ1) is 16.2. The van der Waals surface area contributed by atoms with Crippen molar-refractivity contribution >= 4 is 40.3 Å². The first-order valence-corrected chi connectivity index (χ1v) is 9.12. The summed E-state index contributed by atoms with van der Waals surface area (Å²) in [7, 11) is 0. The highest BCUT2D eigenvalue weighted by atomic mass is 32.2. The third kappa shape index (κ3) is 3.41. The molecule has 1 fully saturated rings. The number of hydrogen-bond acceptors (Lipinski definition) is 5. The number of benzene rings is 2. The smallest absolute Gasteiger partial charge is 0.266 e. The van der Waals surface area contributed by atoms with Crippen LogP contribution in [0.5, 0.6) is 11.5 Å². The van der Waals surface area contributed by atoms with E-state index in [2.05, 4.69) is 12.1 Å². The van der Waals surface area contributed by atoms with E-state index in [0.29, 0.717) is 21.5 Å². The van der Waals surface area contributed by atoms with Gasteiger partial charge in [0.25, 0.3) is 5.91 Å². The molecule has 0 radical (unpaired) electrons. The van der Waals surface area contributed by atoms with Gasteiger partial charge in [-0.2, -0.15) is 0 Å². The molecule has 4 rings (SSSR count). The normalized spacial score (nSPS) is 17.6. The molecule has 2 aromatic carbocycles. The number of hydrogen-bond donors (Lipinski definition) is 0. The molecule has 0 saturated carbocycles. The van der Waals surface area contributed by atoms with Gasteiger partial charge < -0.3 is 9.47 Å². The van der Waals surface area contributed by atoms with E-state index in [1.54, 1.807) is 4.90 Å². The molecule has 2 aliphatic rings. The number of thiocarbonyl (C=S) groups is 1. The van der Waals surface area contributed by atoms with E-state index >= 15 is 0 Å². The molecule has 4 nitrogen and oxygen atoms in total. The van der Waals surface area contributed by atoms with Crippen LogP contribution in [0.25, 0.3) is 6.08 Å². The van der Waals surface area contributed by atoms with E-state index in [-0.39, 0.29) is 12.7 Å². The van der Waals surface area contributed by atoms with E-state index in [4.69, 9.17) is 21.7 Å². The molecule has 0 aromatic heterocycles. The average Bonchev–Trinajstić information content (AvgIpc) is 3.19. The Labute approximate surface area is 155 Å². The third-order valence-electron chi connectivity index (χ3n) is 4.03. The van der Waals surface area contributed by atoms with Crippen LogP contribution in [0.3, 0.4) is 0 Å². The molecule has 1 amide bonds. The van der Waals surface area contributed by atoms with E-state index in [1.165, 1.54) is 17.3 Å². The van der Waals surface area contributed by atoms with Crippen molar-refractivity contribution in [2.75, 3.05) is 13.3 Å². The largest absolute Gasteiger partial charge is 0.454 e. The zero-order valence-corrected chi connectivity index (χ0v) is 14.9. The number of nitrogens with zero attached hydrogens (tertiary/aromatic N) is 1. The monoisotopic (exact) mass is 369 g/mol. The average molecular weight is 369 g/mol. The number of amides is 1. The van der Waals surface area contributed by atoms with Gasteiger partial charge in [0.15, 0.2) is 11.5 Å². The summed E-state index contributed by atoms with van der Waals surface area (Å²) in [4.78, 5) is 15.0. The van der Waals surface area contributed by atoms with E-state index < -0.39 is 0 Å². The molecule has 0 unspecified atom stereocenters. The Hall–Kier alpha value is -2.31. The number of thioether (sulfide) groups is 1. The first-order chi connectivity index (χ1) is 12.2. The Morgan fingerprint density at radius 3 is 2.76 bits per heavy atom. The lowest BCUT2D eigenvalue weighted by atomic mass is 10.1. The molecule has 0 spiro atoms. The molecule has 0 aliphatic carbocycles. The molecular weight excluding hydrogens is 354 g/mol. The molecule has 25 heavy (non-hydrogen) atoms. The number of ether oxygens (including phenoxy) is 2. The zero-order chi connectivity index (χ0) is 17.2. The van der Waals surface area contributed by atoms with Crippen LogP contribution in [0.15, 0.2) is 53.4 Å². The summed E-state index contributed by atoms with van der Waals surface area (Å²) in [6.07, 6.45) is 2.63. The lowest BCUT2D eigenvalue weighted by molar-refractivity contribution is -0.122. The number of carbonyl (C=O) groups excluding carboxylic acids is 1. The number of rotatable bonds is 4. The first-order valence-electron chi connectivity index (χ1n) is 7.90. The van der Waals surface area contributed by atoms with Crippen molar-refractivity contribution in [3.63, 3.8) is 0 Å². The van der Waals surface area contributed by atoms with Gasteiger partial charge in [0, 0.05) is 6.54 Å². The van der Waals surface area contributed by atoms with Crippen LogP contribution in [-0.2, 0) is 11.2 Å². The van der Waals surface area contributed by atoms with Crippen LogP contribution < -0.4 is 9.47 Å². The van der Waals surface area contributed by atoms with E-state index in [9.17, 15) is 4.79 Å². The Balaban J connectivity index is 1.49. The van der Waals surface area contributed by atoms with Crippen molar-refractivity contribution in [1.82, 2.24) is 4.90 Å². The summed E-state index contributed by atoms with van der Waals surface area (Å²) < 4.78 is 11.3. The molecule has 2 aromatic rings. The van der Waals surface area contributed by atoms with Crippen molar-refractivity contribution in [2.24, 2.45) is 0 Å². The highest BCUT2D eigenvalue weighted by molar-refractivity contribution is 8.26. The van der Waals surface area contributed by atoms with Crippen molar-refractivity contribution in [3.8, 4) is 11.5 Å². The summed E-state index contributed by atoms with van der Waals surface area (Å²) in [5.41, 5.74) is 2.09. The fourth-order valence-corrected chi connectivity index (χ4v) is 4.04. The van der Waals surface area contributed by atoms with Gasteiger partial charge in [-0.05, 0) is 35.8 Å². The molecular formula is C19H15NO3S2. The quantitative estimate of drug-likeness (QED) is 0.604. The Morgan fingerprint density at radius 1 is 1.12 bits per heavy atom. The minimum Gasteiger partial charge on any atom is -0.454 e. The molecule has 2 heterocycles. The van der Waals surface area contributed by atoms with Crippen LogP contribution in [0, 0.1) is 0 Å². The highest BCUT2D eigenvalue weighted by Gasteiger charge is 2.31. The molecule has 0 atom stereocenters. The minimum absolute atomic E-state index is 0.0383. The van der Waals surface area contributed by atoms with Gasteiger partial charge in [0.1, 0.15) is 4.32 Å².